The molecule has 3 aromatic rings. The molecule has 6 heteroatoms. The van der Waals surface area contributed by atoms with Gasteiger partial charge in [-0.05, 0) is 55.2 Å². The number of aliphatic hydroxyl groups excluding tert-OH is 1. The van der Waals surface area contributed by atoms with E-state index in [-0.39, 0.29) is 6.10 Å². The van der Waals surface area contributed by atoms with E-state index in [1.54, 1.807) is 29.4 Å². The van der Waals surface area contributed by atoms with Crippen LogP contribution in [0.15, 0.2) is 35.6 Å². The molecule has 0 bridgehead atoms. The highest BCUT2D eigenvalue weighted by Crippen LogP contribution is 2.40. The summed E-state index contributed by atoms with van der Waals surface area (Å²) in [5, 5.41) is 12.7. The smallest absolute Gasteiger partial charge is 0.128 e. The second-order valence-corrected chi connectivity index (χ2v) is 9.69. The van der Waals surface area contributed by atoms with E-state index in [4.69, 9.17) is 4.74 Å². The summed E-state index contributed by atoms with van der Waals surface area (Å²) < 4.78 is 6.11. The monoisotopic (exact) mass is 412 g/mol. The quantitative estimate of drug-likeness (QED) is 0.469. The number of thiophene rings is 1. The summed E-state index contributed by atoms with van der Waals surface area (Å²) >= 11 is 3.43. The normalized spacial score (nSPS) is 19.5. The number of rotatable bonds is 6. The van der Waals surface area contributed by atoms with Crippen LogP contribution >= 0.6 is 23.1 Å². The van der Waals surface area contributed by atoms with Crippen molar-refractivity contribution in [3.63, 3.8) is 0 Å². The third-order valence-corrected chi connectivity index (χ3v) is 8.02. The predicted octanol–water partition coefficient (Wildman–Crippen LogP) is 4.73. The zero-order valence-electron chi connectivity index (χ0n) is 15.8. The fraction of sp³-hybridized carbons (Fsp3) is 0.455. The number of thioether (sulfide) groups is 1. The number of aromatic nitrogens is 2. The minimum Gasteiger partial charge on any atom is -0.390 e. The molecule has 2 aliphatic rings. The van der Waals surface area contributed by atoms with Crippen molar-refractivity contribution >= 4 is 33.3 Å². The lowest BCUT2D eigenvalue weighted by Crippen LogP contribution is -2.22. The molecule has 2 heterocycles. The second kappa shape index (κ2) is 8.11. The van der Waals surface area contributed by atoms with Gasteiger partial charge in [0.05, 0.1) is 18.8 Å². The van der Waals surface area contributed by atoms with Crippen LogP contribution in [0.5, 0.6) is 0 Å². The topological polar surface area (TPSA) is 55.2 Å². The van der Waals surface area contributed by atoms with Crippen LogP contribution in [0, 0.1) is 0 Å². The molecule has 146 valence electrons. The number of aliphatic hydroxyl groups is 1. The molecule has 0 saturated heterocycles. The Morgan fingerprint density at radius 3 is 3.07 bits per heavy atom. The minimum atomic E-state index is -0.504. The van der Waals surface area contributed by atoms with Gasteiger partial charge >= 0.3 is 0 Å². The third-order valence-electron chi connectivity index (χ3n) is 5.68. The Hall–Kier alpha value is -1.47. The van der Waals surface area contributed by atoms with E-state index < -0.39 is 6.10 Å². The number of benzene rings is 1. The number of hydrogen-bond donors (Lipinski definition) is 1. The van der Waals surface area contributed by atoms with Crippen molar-refractivity contribution in [3.8, 4) is 0 Å². The van der Waals surface area contributed by atoms with Gasteiger partial charge in [0.2, 0.25) is 0 Å². The number of aryl methyl sites for hydroxylation is 3. The average Bonchev–Trinajstić information content (AvgIpc) is 3.32. The lowest BCUT2D eigenvalue weighted by atomic mass is 9.89. The van der Waals surface area contributed by atoms with E-state index in [9.17, 15) is 5.11 Å². The van der Waals surface area contributed by atoms with Crippen molar-refractivity contribution in [1.82, 2.24) is 9.97 Å². The van der Waals surface area contributed by atoms with Gasteiger partial charge in [0, 0.05) is 16.0 Å². The number of nitrogens with zero attached hydrogens (tertiary/aromatic N) is 2. The van der Waals surface area contributed by atoms with Crippen LogP contribution in [0.3, 0.4) is 0 Å². The Bertz CT molecular complexity index is 988. The summed E-state index contributed by atoms with van der Waals surface area (Å²) in [4.78, 5) is 11.5. The lowest BCUT2D eigenvalue weighted by molar-refractivity contribution is -0.00959. The average molecular weight is 413 g/mol. The Morgan fingerprint density at radius 1 is 1.18 bits per heavy atom. The highest BCUT2D eigenvalue weighted by Gasteiger charge is 2.23. The van der Waals surface area contributed by atoms with Crippen LogP contribution in [0.4, 0.5) is 0 Å². The second-order valence-electron chi connectivity index (χ2n) is 7.59. The van der Waals surface area contributed by atoms with Gasteiger partial charge in [-0.3, -0.25) is 0 Å². The molecule has 2 aromatic heterocycles. The lowest BCUT2D eigenvalue weighted by Gasteiger charge is -2.26. The molecule has 4 nitrogen and oxygen atoms in total. The molecule has 5 rings (SSSR count). The van der Waals surface area contributed by atoms with Gasteiger partial charge in [-0.15, -0.1) is 23.1 Å². The summed E-state index contributed by atoms with van der Waals surface area (Å²) in [5.74, 6) is 0.588. The largest absolute Gasteiger partial charge is 0.390 e. The van der Waals surface area contributed by atoms with Crippen LogP contribution in [-0.4, -0.2) is 33.5 Å². The Kier molecular flexibility index (Phi) is 5.37. The highest BCUT2D eigenvalue weighted by molar-refractivity contribution is 7.99. The molecule has 0 unspecified atom stereocenters. The van der Waals surface area contributed by atoms with Crippen LogP contribution in [0.25, 0.3) is 10.2 Å². The molecule has 0 amide bonds. The van der Waals surface area contributed by atoms with Crippen molar-refractivity contribution in [2.75, 3.05) is 12.4 Å². The van der Waals surface area contributed by atoms with Gasteiger partial charge in [0.15, 0.2) is 0 Å². The molecule has 0 fully saturated rings. The standard InChI is InChI=1S/C22H24N2O2S2/c25-15(11-26-18-9-3-6-14-5-1-2-7-16(14)18)12-27-21-20-17-8-4-10-19(17)28-22(20)24-13-23-21/h1-2,5,7,13,15,18,25H,3-4,6,8-12H2/t15-,18+/m0/s1. The Labute approximate surface area is 173 Å². The fourth-order valence-electron chi connectivity index (χ4n) is 4.34. The van der Waals surface area contributed by atoms with Crippen molar-refractivity contribution < 1.29 is 9.84 Å². The predicted molar refractivity (Wildman–Crippen MR) is 114 cm³/mol. The van der Waals surface area contributed by atoms with Crippen LogP contribution < -0.4 is 0 Å². The molecule has 2 atom stereocenters. The summed E-state index contributed by atoms with van der Waals surface area (Å²) in [6, 6.07) is 8.52. The van der Waals surface area contributed by atoms with E-state index in [0.29, 0.717) is 12.4 Å². The molecular formula is C22H24N2O2S2. The summed E-state index contributed by atoms with van der Waals surface area (Å²) in [7, 11) is 0. The fourth-order valence-corrected chi connectivity index (χ4v) is 6.57. The molecule has 0 spiro atoms. The van der Waals surface area contributed by atoms with Gasteiger partial charge in [-0.25, -0.2) is 9.97 Å². The van der Waals surface area contributed by atoms with Crippen LogP contribution in [-0.2, 0) is 24.0 Å². The molecule has 0 radical (unpaired) electrons. The number of ether oxygens (including phenoxy) is 1. The molecule has 0 aliphatic heterocycles. The number of fused-ring (bicyclic) bond motifs is 4. The maximum atomic E-state index is 10.5. The summed E-state index contributed by atoms with van der Waals surface area (Å²) in [6.45, 7) is 0.363. The van der Waals surface area contributed by atoms with Gasteiger partial charge in [0.1, 0.15) is 16.2 Å². The zero-order valence-corrected chi connectivity index (χ0v) is 17.4. The maximum Gasteiger partial charge on any atom is 0.128 e. The SMILES string of the molecule is O[C@@H](CO[C@@H]1CCCc2ccccc21)CSc1ncnc2sc3c(c12)CCC3. The first kappa shape index (κ1) is 18.6. The molecule has 1 N–H and O–H groups in total. The van der Waals surface area contributed by atoms with Crippen molar-refractivity contribution in [2.24, 2.45) is 0 Å². The highest BCUT2D eigenvalue weighted by atomic mass is 32.2. The van der Waals surface area contributed by atoms with Crippen LogP contribution in [0.2, 0.25) is 0 Å². The zero-order chi connectivity index (χ0) is 18.9. The van der Waals surface area contributed by atoms with Crippen molar-refractivity contribution in [2.45, 2.75) is 55.8 Å². The molecule has 1 aromatic carbocycles. The molecule has 28 heavy (non-hydrogen) atoms. The first-order valence-corrected chi connectivity index (χ1v) is 11.9. The van der Waals surface area contributed by atoms with Gasteiger partial charge in [0.25, 0.3) is 0 Å². The first-order chi connectivity index (χ1) is 13.8. The number of hydrogen-bond acceptors (Lipinski definition) is 6. The molecule has 0 saturated carbocycles. The van der Waals surface area contributed by atoms with E-state index in [0.717, 1.165) is 35.5 Å². The first-order valence-electron chi connectivity index (χ1n) is 10.0. The van der Waals surface area contributed by atoms with E-state index in [1.807, 2.05) is 0 Å². The van der Waals surface area contributed by atoms with Gasteiger partial charge in [-0.2, -0.15) is 0 Å². The van der Waals surface area contributed by atoms with E-state index >= 15 is 0 Å². The van der Waals surface area contributed by atoms with Crippen molar-refractivity contribution in [3.05, 3.63) is 52.2 Å². The third kappa shape index (κ3) is 3.59. The Balaban J connectivity index is 1.22. The van der Waals surface area contributed by atoms with E-state index in [1.165, 1.54) is 39.8 Å². The van der Waals surface area contributed by atoms with E-state index in [2.05, 4.69) is 34.2 Å². The van der Waals surface area contributed by atoms with Gasteiger partial charge < -0.3 is 9.84 Å². The molecule has 2 aliphatic carbocycles. The maximum absolute atomic E-state index is 10.5. The summed E-state index contributed by atoms with van der Waals surface area (Å²) in [5.41, 5.74) is 4.12. The van der Waals surface area contributed by atoms with Gasteiger partial charge in [-0.1, -0.05) is 24.3 Å². The summed E-state index contributed by atoms with van der Waals surface area (Å²) in [6.07, 6.45) is 8.09. The molecular weight excluding hydrogens is 388 g/mol. The van der Waals surface area contributed by atoms with Crippen molar-refractivity contribution in [1.29, 1.82) is 0 Å². The minimum absolute atomic E-state index is 0.107. The van der Waals surface area contributed by atoms with Crippen LogP contribution in [0.1, 0.15) is 46.9 Å². The Morgan fingerprint density at radius 2 is 2.11 bits per heavy atom.